The summed E-state index contributed by atoms with van der Waals surface area (Å²) in [5.41, 5.74) is 2.58. The minimum atomic E-state index is -0.548. The number of carbonyl (C=O) groups excluding carboxylic acids is 1. The van der Waals surface area contributed by atoms with Crippen LogP contribution >= 0.6 is 0 Å². The molecule has 0 radical (unpaired) electrons. The van der Waals surface area contributed by atoms with Crippen molar-refractivity contribution in [1.82, 2.24) is 10.2 Å². The number of amides is 1. The van der Waals surface area contributed by atoms with E-state index < -0.39 is 5.82 Å². The first-order chi connectivity index (χ1) is 11.4. The molecule has 0 aromatic heterocycles. The molecule has 0 bridgehead atoms. The molecular formula is C19H23FN2O2. The minimum Gasteiger partial charge on any atom is -0.494 e. The first kappa shape index (κ1) is 17.9. The van der Waals surface area contributed by atoms with Gasteiger partial charge in [-0.15, -0.1) is 0 Å². The van der Waals surface area contributed by atoms with Gasteiger partial charge in [0, 0.05) is 12.1 Å². The molecule has 0 saturated heterocycles. The molecule has 2 aromatic carbocycles. The van der Waals surface area contributed by atoms with Gasteiger partial charge in [0.25, 0.3) is 5.91 Å². The minimum absolute atomic E-state index is 0.0395. The van der Waals surface area contributed by atoms with Crippen molar-refractivity contribution in [1.29, 1.82) is 0 Å². The highest BCUT2D eigenvalue weighted by Gasteiger charge is 2.16. The lowest BCUT2D eigenvalue weighted by Gasteiger charge is -2.25. The first-order valence-corrected chi connectivity index (χ1v) is 7.77. The van der Waals surface area contributed by atoms with Gasteiger partial charge in [-0.25, -0.2) is 4.39 Å². The molecule has 1 amide bonds. The Kier molecular flexibility index (Phi) is 5.93. The van der Waals surface area contributed by atoms with E-state index in [1.54, 1.807) is 6.07 Å². The summed E-state index contributed by atoms with van der Waals surface area (Å²) in [7, 11) is 5.31. The zero-order valence-corrected chi connectivity index (χ0v) is 14.5. The van der Waals surface area contributed by atoms with E-state index in [9.17, 15) is 9.18 Å². The molecule has 0 heterocycles. The Bertz CT molecular complexity index is 699. The molecule has 2 aromatic rings. The first-order valence-electron chi connectivity index (χ1n) is 7.77. The molecule has 0 aliphatic heterocycles. The van der Waals surface area contributed by atoms with Crippen LogP contribution in [0.2, 0.25) is 0 Å². The second-order valence-electron chi connectivity index (χ2n) is 5.95. The van der Waals surface area contributed by atoms with Crippen LogP contribution in [0.4, 0.5) is 4.39 Å². The highest BCUT2D eigenvalue weighted by atomic mass is 19.1. The number of nitrogens with zero attached hydrogens (tertiary/aromatic N) is 1. The van der Waals surface area contributed by atoms with Crippen LogP contribution in [0.25, 0.3) is 0 Å². The Hall–Kier alpha value is -2.40. The topological polar surface area (TPSA) is 41.6 Å². The van der Waals surface area contributed by atoms with Gasteiger partial charge in [0.05, 0.1) is 13.2 Å². The van der Waals surface area contributed by atoms with Gasteiger partial charge in [-0.05, 0) is 44.8 Å². The van der Waals surface area contributed by atoms with Crippen molar-refractivity contribution >= 4 is 5.91 Å². The summed E-state index contributed by atoms with van der Waals surface area (Å²) in [5, 5.41) is 2.87. The summed E-state index contributed by atoms with van der Waals surface area (Å²) < 4.78 is 18.6. The van der Waals surface area contributed by atoms with Crippen LogP contribution in [0, 0.1) is 12.7 Å². The van der Waals surface area contributed by atoms with Crippen LogP contribution in [0.3, 0.4) is 0 Å². The Labute approximate surface area is 142 Å². The molecule has 1 atom stereocenters. The lowest BCUT2D eigenvalue weighted by molar-refractivity contribution is 0.0941. The summed E-state index contributed by atoms with van der Waals surface area (Å²) in [6.45, 7) is 2.47. The quantitative estimate of drug-likeness (QED) is 0.884. The maximum atomic E-state index is 13.7. The van der Waals surface area contributed by atoms with Gasteiger partial charge >= 0.3 is 0 Å². The third-order valence-electron chi connectivity index (χ3n) is 3.96. The van der Waals surface area contributed by atoms with Gasteiger partial charge in [0.1, 0.15) is 0 Å². The molecular weight excluding hydrogens is 307 g/mol. The predicted octanol–water partition coefficient (Wildman–Crippen LogP) is 3.18. The van der Waals surface area contributed by atoms with Crippen LogP contribution < -0.4 is 10.1 Å². The van der Waals surface area contributed by atoms with Crippen molar-refractivity contribution in [2.45, 2.75) is 13.0 Å². The Balaban J connectivity index is 2.07. The SMILES string of the molecule is COc1ccc(C(=O)NCC(c2ccc(C)cc2)N(C)C)cc1F. The summed E-state index contributed by atoms with van der Waals surface area (Å²) in [4.78, 5) is 14.3. The molecule has 128 valence electrons. The summed E-state index contributed by atoms with van der Waals surface area (Å²) >= 11 is 0. The molecule has 4 nitrogen and oxygen atoms in total. The fraction of sp³-hybridized carbons (Fsp3) is 0.316. The maximum absolute atomic E-state index is 13.7. The van der Waals surface area contributed by atoms with Gasteiger partial charge in [0.2, 0.25) is 0 Å². The number of carbonyl (C=O) groups is 1. The van der Waals surface area contributed by atoms with E-state index in [1.165, 1.54) is 24.8 Å². The van der Waals surface area contributed by atoms with E-state index in [0.717, 1.165) is 5.56 Å². The lowest BCUT2D eigenvalue weighted by atomic mass is 10.0. The number of ether oxygens (including phenoxy) is 1. The number of methoxy groups -OCH3 is 1. The van der Waals surface area contributed by atoms with Crippen molar-refractivity contribution in [2.75, 3.05) is 27.7 Å². The molecule has 1 unspecified atom stereocenters. The van der Waals surface area contributed by atoms with E-state index >= 15 is 0 Å². The fourth-order valence-electron chi connectivity index (χ4n) is 2.49. The number of aryl methyl sites for hydroxylation is 1. The largest absolute Gasteiger partial charge is 0.494 e. The van der Waals surface area contributed by atoms with Crippen molar-refractivity contribution in [3.63, 3.8) is 0 Å². The van der Waals surface area contributed by atoms with Gasteiger partial charge in [-0.1, -0.05) is 29.8 Å². The second-order valence-corrected chi connectivity index (χ2v) is 5.95. The maximum Gasteiger partial charge on any atom is 0.251 e. The van der Waals surface area contributed by atoms with E-state index in [1.807, 2.05) is 38.1 Å². The number of nitrogens with one attached hydrogen (secondary N) is 1. The number of benzene rings is 2. The number of rotatable bonds is 6. The predicted molar refractivity (Wildman–Crippen MR) is 92.9 cm³/mol. The molecule has 2 rings (SSSR count). The van der Waals surface area contributed by atoms with E-state index in [0.29, 0.717) is 6.54 Å². The molecule has 24 heavy (non-hydrogen) atoms. The van der Waals surface area contributed by atoms with Gasteiger partial charge in [-0.2, -0.15) is 0 Å². The molecule has 0 aliphatic carbocycles. The van der Waals surface area contributed by atoms with Crippen LogP contribution in [-0.2, 0) is 0 Å². The van der Waals surface area contributed by atoms with Crippen LogP contribution in [0.5, 0.6) is 5.75 Å². The van der Waals surface area contributed by atoms with Gasteiger partial charge in [-0.3, -0.25) is 4.79 Å². The molecule has 1 N–H and O–H groups in total. The van der Waals surface area contributed by atoms with Gasteiger partial charge < -0.3 is 15.0 Å². The van der Waals surface area contributed by atoms with Crippen molar-refractivity contribution in [3.8, 4) is 5.75 Å². The third kappa shape index (κ3) is 4.32. The zero-order valence-electron chi connectivity index (χ0n) is 14.5. The molecule has 0 fully saturated rings. The third-order valence-corrected chi connectivity index (χ3v) is 3.96. The number of hydrogen-bond donors (Lipinski definition) is 1. The highest BCUT2D eigenvalue weighted by Crippen LogP contribution is 2.19. The standard InChI is InChI=1S/C19H23FN2O2/c1-13-5-7-14(8-6-13)17(22(2)3)12-21-19(23)15-9-10-18(24-4)16(20)11-15/h5-11,17H,12H2,1-4H3,(H,21,23). The summed E-state index contributed by atoms with van der Waals surface area (Å²) in [6, 6.07) is 12.4. The van der Waals surface area contributed by atoms with E-state index in [4.69, 9.17) is 4.74 Å². The monoisotopic (exact) mass is 330 g/mol. The normalized spacial score (nSPS) is 12.1. The molecule has 0 saturated carbocycles. The number of hydrogen-bond acceptors (Lipinski definition) is 3. The van der Waals surface area contributed by atoms with Crippen molar-refractivity contribution in [2.24, 2.45) is 0 Å². The number of likely N-dealkylation sites (N-methyl/N-ethyl adjacent to an activating group) is 1. The summed E-state index contributed by atoms with van der Waals surface area (Å²) in [6.07, 6.45) is 0. The Morgan fingerprint density at radius 1 is 1.21 bits per heavy atom. The smallest absolute Gasteiger partial charge is 0.251 e. The van der Waals surface area contributed by atoms with Crippen molar-refractivity contribution in [3.05, 3.63) is 65.0 Å². The van der Waals surface area contributed by atoms with Crippen LogP contribution in [0.1, 0.15) is 27.5 Å². The Morgan fingerprint density at radius 3 is 2.42 bits per heavy atom. The van der Waals surface area contributed by atoms with Crippen molar-refractivity contribution < 1.29 is 13.9 Å². The van der Waals surface area contributed by atoms with Crippen LogP contribution in [0.15, 0.2) is 42.5 Å². The van der Waals surface area contributed by atoms with Crippen LogP contribution in [-0.4, -0.2) is 38.6 Å². The van der Waals surface area contributed by atoms with E-state index in [2.05, 4.69) is 17.4 Å². The average Bonchev–Trinajstić information content (AvgIpc) is 2.56. The lowest BCUT2D eigenvalue weighted by Crippen LogP contribution is -2.34. The number of halogens is 1. The molecule has 0 spiro atoms. The average molecular weight is 330 g/mol. The summed E-state index contributed by atoms with van der Waals surface area (Å²) in [5.74, 6) is -0.735. The molecule has 0 aliphatic rings. The second kappa shape index (κ2) is 7.93. The van der Waals surface area contributed by atoms with Gasteiger partial charge in [0.15, 0.2) is 11.6 Å². The highest BCUT2D eigenvalue weighted by molar-refractivity contribution is 5.94. The van der Waals surface area contributed by atoms with E-state index in [-0.39, 0.29) is 23.3 Å². The zero-order chi connectivity index (χ0) is 17.7. The fourth-order valence-corrected chi connectivity index (χ4v) is 2.49. The molecule has 5 heteroatoms. The Morgan fingerprint density at radius 2 is 1.88 bits per heavy atom.